The van der Waals surface area contributed by atoms with Crippen molar-refractivity contribution in [2.24, 2.45) is 3.79 Å². The van der Waals surface area contributed by atoms with Gasteiger partial charge in [-0.05, 0) is 0 Å². The summed E-state index contributed by atoms with van der Waals surface area (Å²) in [6.07, 6.45) is 11.3. The van der Waals surface area contributed by atoms with Crippen LogP contribution in [0.1, 0.15) is 19.8 Å². The van der Waals surface area contributed by atoms with Crippen molar-refractivity contribution >= 4 is 0 Å². The summed E-state index contributed by atoms with van der Waals surface area (Å²) in [4.78, 5) is 0. The average Bonchev–Trinajstić information content (AvgIpc) is 2.77. The first-order chi connectivity index (χ1) is 8.05. The molecule has 98 valence electrons. The Morgan fingerprint density at radius 3 is 2.00 bits per heavy atom. The van der Waals surface area contributed by atoms with Gasteiger partial charge < -0.3 is 0 Å². The van der Waals surface area contributed by atoms with Crippen LogP contribution < -0.4 is 0 Å². The zero-order valence-electron chi connectivity index (χ0n) is 11.8. The summed E-state index contributed by atoms with van der Waals surface area (Å²) in [6, 6.07) is 0. The van der Waals surface area contributed by atoms with E-state index >= 15 is 0 Å². The van der Waals surface area contributed by atoms with Crippen molar-refractivity contribution in [2.45, 2.75) is 24.4 Å². The van der Waals surface area contributed by atoms with Gasteiger partial charge in [-0.2, -0.15) is 0 Å². The summed E-state index contributed by atoms with van der Waals surface area (Å²) in [5, 5.41) is 0. The zero-order chi connectivity index (χ0) is 12.9. The molecule has 0 N–H and O–H groups in total. The van der Waals surface area contributed by atoms with Gasteiger partial charge in [-0.3, -0.25) is 0 Å². The Kier molecular flexibility index (Phi) is 5.80. The molecule has 0 spiro atoms. The van der Waals surface area contributed by atoms with Crippen LogP contribution in [-0.2, 0) is 14.3 Å². The number of rotatable bonds is 6. The van der Waals surface area contributed by atoms with Gasteiger partial charge in [-0.15, -0.1) is 0 Å². The van der Waals surface area contributed by atoms with E-state index in [1.165, 1.54) is 12.8 Å². The van der Waals surface area contributed by atoms with Crippen LogP contribution in [0.2, 0.25) is 4.63 Å². The monoisotopic (exact) mass is 275 g/mol. The second-order valence-corrected chi connectivity index (χ2v) is 10.6. The van der Waals surface area contributed by atoms with Gasteiger partial charge in [-0.25, -0.2) is 0 Å². The number of nitrogens with zero attached hydrogens (tertiary/aromatic N) is 3. The predicted molar refractivity (Wildman–Crippen MR) is 71.6 cm³/mol. The van der Waals surface area contributed by atoms with E-state index in [4.69, 9.17) is 3.79 Å². The average molecular weight is 275 g/mol. The molecule has 0 aromatic heterocycles. The Labute approximate surface area is 109 Å². The molecule has 1 aliphatic carbocycles. The molecular weight excluding hydrogens is 249 g/mol. The fourth-order valence-electron chi connectivity index (χ4n) is 2.27. The molecule has 0 saturated carbocycles. The van der Waals surface area contributed by atoms with Crippen molar-refractivity contribution in [2.75, 3.05) is 34.7 Å². The van der Waals surface area contributed by atoms with Gasteiger partial charge in [0.15, 0.2) is 0 Å². The van der Waals surface area contributed by atoms with Crippen molar-refractivity contribution in [3.63, 3.8) is 0 Å². The molecule has 0 unspecified atom stereocenters. The van der Waals surface area contributed by atoms with Crippen LogP contribution >= 0.6 is 0 Å². The fourth-order valence-corrected chi connectivity index (χ4v) is 7.85. The molecule has 0 radical (unpaired) electrons. The summed E-state index contributed by atoms with van der Waals surface area (Å²) >= 11 is -2.34. The number of hydrogen-bond donors (Lipinski definition) is 0. The summed E-state index contributed by atoms with van der Waals surface area (Å²) in [5.74, 6) is 0. The Balaban J connectivity index is 3.08. The van der Waals surface area contributed by atoms with E-state index in [1.807, 2.05) is 0 Å². The third-order valence-corrected chi connectivity index (χ3v) is 9.55. The third kappa shape index (κ3) is 3.16. The summed E-state index contributed by atoms with van der Waals surface area (Å²) in [6.45, 7) is 3.22. The van der Waals surface area contributed by atoms with E-state index in [0.717, 1.165) is 6.54 Å². The van der Waals surface area contributed by atoms with Crippen LogP contribution in [0.15, 0.2) is 28.1 Å². The maximum absolute atomic E-state index is 5.15. The minimum absolute atomic E-state index is 0.509. The van der Waals surface area contributed by atoms with Crippen molar-refractivity contribution in [1.29, 1.82) is 0 Å². The van der Waals surface area contributed by atoms with Crippen LogP contribution in [0, 0.1) is 0 Å². The molecule has 0 saturated heterocycles. The normalized spacial score (nSPS) is 16.4. The van der Waals surface area contributed by atoms with Gasteiger partial charge in [0.2, 0.25) is 0 Å². The Bertz CT molecular complexity index is 319. The number of allylic oxidation sites excluding steroid dienone is 4. The minimum atomic E-state index is -2.34. The Hall–Kier alpha value is -0.216. The molecule has 0 aromatic rings. The molecule has 3 nitrogen and oxygen atoms in total. The van der Waals surface area contributed by atoms with Gasteiger partial charge in [0.1, 0.15) is 0 Å². The molecule has 0 atom stereocenters. The molecule has 0 heterocycles. The van der Waals surface area contributed by atoms with Gasteiger partial charge in [-0.1, -0.05) is 0 Å². The molecule has 1 rings (SSSR count). The van der Waals surface area contributed by atoms with Crippen molar-refractivity contribution in [3.05, 3.63) is 24.3 Å². The van der Waals surface area contributed by atoms with E-state index in [0.29, 0.717) is 4.63 Å². The van der Waals surface area contributed by atoms with E-state index in [9.17, 15) is 0 Å². The number of hydrogen-bond acceptors (Lipinski definition) is 1. The molecule has 0 aliphatic heterocycles. The van der Waals surface area contributed by atoms with E-state index in [-0.39, 0.29) is 0 Å². The van der Waals surface area contributed by atoms with Crippen molar-refractivity contribution < 1.29 is 14.3 Å². The maximum atomic E-state index is 5.15. The van der Waals surface area contributed by atoms with Crippen LogP contribution in [0.3, 0.4) is 0 Å². The van der Waals surface area contributed by atoms with Crippen LogP contribution in [0.25, 0.3) is 0 Å². The first-order valence-corrected chi connectivity index (χ1v) is 9.02. The fraction of sp³-hybridized carbons (Fsp3) is 0.692. The standard InChI is InChI=1S/C5H5.C4H9N.2C2H6N.V/c1-2-4-5-3-1;1-2-3-4-5;2*1-3-2;/h1-5H;2-4H2,1H3;2*1-2H3;/q;;2*-1;+2. The van der Waals surface area contributed by atoms with Gasteiger partial charge >= 0.3 is 109 Å². The summed E-state index contributed by atoms with van der Waals surface area (Å²) in [5.41, 5.74) is 0. The Morgan fingerprint density at radius 1 is 1.06 bits per heavy atom. The molecule has 0 bridgehead atoms. The van der Waals surface area contributed by atoms with Gasteiger partial charge in [0.25, 0.3) is 0 Å². The SMILES string of the molecule is CCCC[N]=[V]([CH]1C=CC=C1)([N](C)C)[N](C)C. The molecule has 0 aromatic carbocycles. The van der Waals surface area contributed by atoms with Gasteiger partial charge in [0, 0.05) is 0 Å². The van der Waals surface area contributed by atoms with Crippen LogP contribution in [0.4, 0.5) is 0 Å². The topological polar surface area (TPSA) is 18.8 Å². The second kappa shape index (κ2) is 6.65. The van der Waals surface area contributed by atoms with Gasteiger partial charge in [0.05, 0.1) is 0 Å². The molecule has 4 heteroatoms. The van der Waals surface area contributed by atoms with E-state index < -0.39 is 14.3 Å². The molecule has 0 amide bonds. The first kappa shape index (κ1) is 14.8. The molecular formula is C13H26N3V. The molecule has 17 heavy (non-hydrogen) atoms. The van der Waals surface area contributed by atoms with Crippen LogP contribution in [0.5, 0.6) is 0 Å². The third-order valence-electron chi connectivity index (χ3n) is 3.12. The van der Waals surface area contributed by atoms with E-state index in [1.54, 1.807) is 0 Å². The predicted octanol–water partition coefficient (Wildman–Crippen LogP) is 2.99. The first-order valence-electron chi connectivity index (χ1n) is 6.34. The quantitative estimate of drug-likeness (QED) is 0.694. The van der Waals surface area contributed by atoms with E-state index in [2.05, 4.69) is 66.9 Å². The second-order valence-electron chi connectivity index (χ2n) is 4.79. The van der Waals surface area contributed by atoms with Crippen molar-refractivity contribution in [1.82, 2.24) is 7.50 Å². The molecule has 1 aliphatic rings. The number of unbranched alkanes of at least 4 members (excludes halogenated alkanes) is 1. The summed E-state index contributed by atoms with van der Waals surface area (Å²) < 4.78 is 10.4. The zero-order valence-corrected chi connectivity index (χ0v) is 13.2. The Morgan fingerprint density at radius 2 is 1.59 bits per heavy atom. The van der Waals surface area contributed by atoms with Crippen LogP contribution in [-0.4, -0.2) is 42.2 Å². The van der Waals surface area contributed by atoms with Crippen molar-refractivity contribution in [3.8, 4) is 0 Å². The molecule has 0 fully saturated rings. The summed E-state index contributed by atoms with van der Waals surface area (Å²) in [7, 11) is 8.73.